The van der Waals surface area contributed by atoms with Crippen molar-refractivity contribution in [2.24, 2.45) is 5.92 Å². The van der Waals surface area contributed by atoms with Gasteiger partial charge in [-0.05, 0) is 25.3 Å². The first-order chi connectivity index (χ1) is 11.2. The first-order valence-corrected chi connectivity index (χ1v) is 8.09. The van der Waals surface area contributed by atoms with Crippen LogP contribution in [0.1, 0.15) is 25.7 Å². The van der Waals surface area contributed by atoms with Crippen LogP contribution in [0.3, 0.4) is 0 Å². The summed E-state index contributed by atoms with van der Waals surface area (Å²) in [6.45, 7) is 0.451. The number of hydrogen-bond acceptors (Lipinski definition) is 4. The Balaban J connectivity index is 1.74. The summed E-state index contributed by atoms with van der Waals surface area (Å²) < 4.78 is 5.68. The summed E-state index contributed by atoms with van der Waals surface area (Å²) in [5.41, 5.74) is 0. The molecule has 0 bridgehead atoms. The lowest BCUT2D eigenvalue weighted by Crippen LogP contribution is -2.23. The highest BCUT2D eigenvalue weighted by atomic mass is 16.5. The number of nitrogens with zero attached hydrogens (tertiary/aromatic N) is 1. The molecule has 123 valence electrons. The number of rotatable bonds is 9. The molecule has 0 unspecified atom stereocenters. The molecule has 0 aromatic carbocycles. The number of aromatic nitrogens is 1. The van der Waals surface area contributed by atoms with Crippen molar-refractivity contribution < 1.29 is 19.7 Å². The van der Waals surface area contributed by atoms with E-state index in [2.05, 4.69) is 18.3 Å². The molecule has 0 aliphatic carbocycles. The Morgan fingerprint density at radius 2 is 2.30 bits per heavy atom. The maximum Gasteiger partial charge on any atom is 0.303 e. The van der Waals surface area contributed by atoms with Gasteiger partial charge < -0.3 is 14.9 Å². The van der Waals surface area contributed by atoms with Crippen molar-refractivity contribution in [1.82, 2.24) is 4.98 Å². The molecule has 3 atom stereocenters. The van der Waals surface area contributed by atoms with E-state index in [0.29, 0.717) is 25.2 Å². The molecular weight excluding hydrogens is 293 g/mol. The minimum Gasteiger partial charge on any atom is -0.481 e. The number of hydrogen-bond donors (Lipinski definition) is 2. The number of carboxylic acid groups (broad SMARTS) is 1. The van der Waals surface area contributed by atoms with Crippen LogP contribution in [0, 0.1) is 5.92 Å². The van der Waals surface area contributed by atoms with E-state index >= 15 is 0 Å². The topological polar surface area (TPSA) is 79.7 Å². The van der Waals surface area contributed by atoms with Gasteiger partial charge in [-0.3, -0.25) is 4.79 Å². The lowest BCUT2D eigenvalue weighted by Gasteiger charge is -2.21. The number of aliphatic hydroxyl groups excluding tert-OH is 1. The summed E-state index contributed by atoms with van der Waals surface area (Å²) >= 11 is 0. The van der Waals surface area contributed by atoms with E-state index in [1.807, 2.05) is 24.3 Å². The number of pyridine rings is 1. The lowest BCUT2D eigenvalue weighted by atomic mass is 9.64. The van der Waals surface area contributed by atoms with Gasteiger partial charge in [0, 0.05) is 24.6 Å². The SMILES string of the molecule is O=C(O)CCC/C=C\C[C@H]1[B]C[C@@H](O)[C@@H]1COc1ccccn1. The lowest BCUT2D eigenvalue weighted by molar-refractivity contribution is -0.137. The van der Waals surface area contributed by atoms with Crippen molar-refractivity contribution in [1.29, 1.82) is 0 Å². The monoisotopic (exact) mass is 316 g/mol. The molecule has 0 spiro atoms. The van der Waals surface area contributed by atoms with Crippen molar-refractivity contribution >= 4 is 13.2 Å². The van der Waals surface area contributed by atoms with Gasteiger partial charge in [0.1, 0.15) is 7.28 Å². The molecule has 1 aliphatic heterocycles. The fourth-order valence-electron chi connectivity index (χ4n) is 2.81. The highest BCUT2D eigenvalue weighted by Gasteiger charge is 2.35. The Morgan fingerprint density at radius 3 is 3.04 bits per heavy atom. The number of aliphatic carboxylic acids is 1. The van der Waals surface area contributed by atoms with Gasteiger partial charge >= 0.3 is 5.97 Å². The summed E-state index contributed by atoms with van der Waals surface area (Å²) in [7, 11) is 2.15. The van der Waals surface area contributed by atoms with Gasteiger partial charge in [0.05, 0.1) is 12.7 Å². The molecule has 0 amide bonds. The third kappa shape index (κ3) is 6.06. The first kappa shape index (κ1) is 17.5. The zero-order chi connectivity index (χ0) is 16.5. The second-order valence-electron chi connectivity index (χ2n) is 5.84. The maximum absolute atomic E-state index is 10.4. The third-order valence-corrected chi connectivity index (χ3v) is 4.12. The van der Waals surface area contributed by atoms with E-state index in [4.69, 9.17) is 9.84 Å². The highest BCUT2D eigenvalue weighted by molar-refractivity contribution is 6.39. The molecule has 1 aromatic rings. The quantitative estimate of drug-likeness (QED) is 0.416. The molecule has 2 rings (SSSR count). The minimum absolute atomic E-state index is 0.0701. The van der Waals surface area contributed by atoms with Crippen molar-refractivity contribution in [2.75, 3.05) is 6.61 Å². The Labute approximate surface area is 137 Å². The van der Waals surface area contributed by atoms with Gasteiger partial charge in [0.15, 0.2) is 0 Å². The molecule has 1 aromatic heterocycles. The predicted molar refractivity (Wildman–Crippen MR) is 88.8 cm³/mol. The molecular formula is C17H23BNO4. The van der Waals surface area contributed by atoms with Crippen LogP contribution in [-0.4, -0.2) is 41.2 Å². The van der Waals surface area contributed by atoms with E-state index in [1.165, 1.54) is 0 Å². The molecule has 1 saturated heterocycles. The number of unbranched alkanes of at least 4 members (excludes halogenated alkanes) is 1. The maximum atomic E-state index is 10.4. The third-order valence-electron chi connectivity index (χ3n) is 4.12. The van der Waals surface area contributed by atoms with Crippen LogP contribution in [0.15, 0.2) is 36.5 Å². The summed E-state index contributed by atoms with van der Waals surface area (Å²) in [5, 5.41) is 18.7. The Bertz CT molecular complexity index is 509. The predicted octanol–water partition coefficient (Wildman–Crippen LogP) is 2.56. The van der Waals surface area contributed by atoms with E-state index < -0.39 is 5.97 Å². The summed E-state index contributed by atoms with van der Waals surface area (Å²) in [4.78, 5) is 14.6. The van der Waals surface area contributed by atoms with Gasteiger partial charge in [-0.15, -0.1) is 0 Å². The molecule has 1 aliphatic rings. The van der Waals surface area contributed by atoms with E-state index in [9.17, 15) is 9.90 Å². The number of aliphatic hydroxyl groups is 1. The molecule has 1 radical (unpaired) electrons. The van der Waals surface area contributed by atoms with E-state index in [0.717, 1.165) is 12.8 Å². The van der Waals surface area contributed by atoms with Gasteiger partial charge in [0.2, 0.25) is 5.88 Å². The highest BCUT2D eigenvalue weighted by Crippen LogP contribution is 2.35. The van der Waals surface area contributed by atoms with Gasteiger partial charge in [0.25, 0.3) is 0 Å². The van der Waals surface area contributed by atoms with Crippen molar-refractivity contribution in [3.63, 3.8) is 0 Å². The van der Waals surface area contributed by atoms with Crippen LogP contribution in [0.25, 0.3) is 0 Å². The Morgan fingerprint density at radius 1 is 1.43 bits per heavy atom. The smallest absolute Gasteiger partial charge is 0.303 e. The Kier molecular flexibility index (Phi) is 7.13. The van der Waals surface area contributed by atoms with Crippen molar-refractivity contribution in [3.8, 4) is 5.88 Å². The van der Waals surface area contributed by atoms with Crippen LogP contribution in [0.5, 0.6) is 5.88 Å². The minimum atomic E-state index is -0.752. The summed E-state index contributed by atoms with van der Waals surface area (Å²) in [6.07, 6.45) is 8.60. The standard InChI is InChI=1S/C17H23BNO4/c20-15-11-18-14(7-3-1-2-4-9-17(21)22)13(15)12-23-16-8-5-6-10-19-16/h1,3,5-6,8,10,13-15,20H,2,4,7,9,11-12H2,(H,21,22)/b3-1-/t13-,14-,15-/m1/s1. The second-order valence-corrected chi connectivity index (χ2v) is 5.84. The van der Waals surface area contributed by atoms with Crippen LogP contribution < -0.4 is 4.74 Å². The second kappa shape index (κ2) is 9.35. The number of allylic oxidation sites excluding steroid dienone is 2. The average Bonchev–Trinajstić information content (AvgIpc) is 2.89. The normalized spacial score (nSPS) is 23.8. The molecule has 0 saturated carbocycles. The summed E-state index contributed by atoms with van der Waals surface area (Å²) in [5.74, 6) is 0.178. The van der Waals surface area contributed by atoms with Crippen molar-refractivity contribution in [3.05, 3.63) is 36.5 Å². The molecule has 1 fully saturated rings. The number of carbonyl (C=O) groups is 1. The zero-order valence-corrected chi connectivity index (χ0v) is 13.2. The van der Waals surface area contributed by atoms with Crippen LogP contribution in [0.4, 0.5) is 0 Å². The van der Waals surface area contributed by atoms with Gasteiger partial charge in [-0.1, -0.05) is 30.4 Å². The molecule has 6 heteroatoms. The molecule has 5 nitrogen and oxygen atoms in total. The van der Waals surface area contributed by atoms with Gasteiger partial charge in [-0.25, -0.2) is 4.98 Å². The van der Waals surface area contributed by atoms with Crippen LogP contribution >= 0.6 is 0 Å². The van der Waals surface area contributed by atoms with Crippen molar-refractivity contribution in [2.45, 2.75) is 43.9 Å². The van der Waals surface area contributed by atoms with E-state index in [1.54, 1.807) is 6.20 Å². The van der Waals surface area contributed by atoms with Crippen LogP contribution in [0.2, 0.25) is 12.1 Å². The number of carboxylic acids is 1. The Hall–Kier alpha value is -1.82. The first-order valence-electron chi connectivity index (χ1n) is 8.09. The van der Waals surface area contributed by atoms with Crippen LogP contribution in [-0.2, 0) is 4.79 Å². The molecule has 2 heterocycles. The average molecular weight is 316 g/mol. The zero-order valence-electron chi connectivity index (χ0n) is 13.2. The molecule has 23 heavy (non-hydrogen) atoms. The summed E-state index contributed by atoms with van der Waals surface area (Å²) in [6, 6.07) is 5.52. The fraction of sp³-hybridized carbons (Fsp3) is 0.529. The largest absolute Gasteiger partial charge is 0.481 e. The fourth-order valence-corrected chi connectivity index (χ4v) is 2.81. The number of ether oxygens (including phenoxy) is 1. The molecule has 2 N–H and O–H groups in total. The van der Waals surface area contributed by atoms with Gasteiger partial charge in [-0.2, -0.15) is 0 Å². The van der Waals surface area contributed by atoms with E-state index in [-0.39, 0.29) is 24.3 Å².